The number of carbonyl (C=O) groups is 2. The molecule has 9 nitrogen and oxygen atoms in total. The molecule has 0 spiro atoms. The molecule has 0 saturated heterocycles. The molecule has 48 heavy (non-hydrogen) atoms. The molecule has 1 fully saturated rings. The maximum atomic E-state index is 14.7. The van der Waals surface area contributed by atoms with Crippen LogP contribution in [-0.4, -0.2) is 58.0 Å². The standard InChI is InChI=1S/C37H40ClN3O6S/c1-46-30-20-22-31(23-21-30)48(44,45)41(33-18-10-11-19-35(33)47-2)26-36(42)40(25-28-14-6-9-17-32(28)38)34(24-27-12-4-3-5-13-27)37(43)39-29-15-7-8-16-29/h3-6,9-14,17-23,29,34H,7-8,15-16,24-26H2,1-2H3,(H,39,43)/t34-/m1/s1. The number of hydrogen-bond acceptors (Lipinski definition) is 6. The zero-order valence-electron chi connectivity index (χ0n) is 27.0. The molecule has 0 radical (unpaired) electrons. The number of carbonyl (C=O) groups excluding carboxylic acids is 2. The zero-order valence-corrected chi connectivity index (χ0v) is 28.6. The second-order valence-electron chi connectivity index (χ2n) is 11.7. The Bertz CT molecular complexity index is 1800. The molecule has 1 aliphatic carbocycles. The number of benzene rings is 4. The van der Waals surface area contributed by atoms with Crippen LogP contribution < -0.4 is 19.1 Å². The summed E-state index contributed by atoms with van der Waals surface area (Å²) in [4.78, 5) is 30.3. The number of ether oxygens (including phenoxy) is 2. The molecular weight excluding hydrogens is 650 g/mol. The second kappa shape index (κ2) is 16.0. The number of para-hydroxylation sites is 2. The maximum Gasteiger partial charge on any atom is 0.264 e. The molecule has 1 atom stereocenters. The largest absolute Gasteiger partial charge is 0.497 e. The van der Waals surface area contributed by atoms with E-state index in [1.165, 1.54) is 31.3 Å². The summed E-state index contributed by atoms with van der Waals surface area (Å²) in [6.07, 6.45) is 3.99. The highest BCUT2D eigenvalue weighted by Crippen LogP contribution is 2.33. The Labute approximate surface area is 287 Å². The van der Waals surface area contributed by atoms with Crippen LogP contribution >= 0.6 is 11.6 Å². The summed E-state index contributed by atoms with van der Waals surface area (Å²) in [5.41, 5.74) is 1.66. The Morgan fingerprint density at radius 3 is 2.17 bits per heavy atom. The van der Waals surface area contributed by atoms with Crippen LogP contribution in [0.4, 0.5) is 5.69 Å². The molecule has 0 heterocycles. The van der Waals surface area contributed by atoms with E-state index in [9.17, 15) is 18.0 Å². The quantitative estimate of drug-likeness (QED) is 0.168. The van der Waals surface area contributed by atoms with Crippen LogP contribution in [0, 0.1) is 0 Å². The first-order valence-electron chi connectivity index (χ1n) is 15.9. The molecular formula is C37H40ClN3O6S. The normalized spacial score (nSPS) is 13.8. The number of methoxy groups -OCH3 is 2. The molecule has 1 aliphatic rings. The Kier molecular flexibility index (Phi) is 11.6. The van der Waals surface area contributed by atoms with Crippen molar-refractivity contribution in [2.24, 2.45) is 0 Å². The molecule has 0 aliphatic heterocycles. The van der Waals surface area contributed by atoms with Crippen molar-refractivity contribution in [2.75, 3.05) is 25.1 Å². The van der Waals surface area contributed by atoms with Gasteiger partial charge in [0.05, 0.1) is 24.8 Å². The van der Waals surface area contributed by atoms with Crippen molar-refractivity contribution in [1.29, 1.82) is 0 Å². The summed E-state index contributed by atoms with van der Waals surface area (Å²) in [6, 6.07) is 28.2. The molecule has 0 bridgehead atoms. The Balaban J connectivity index is 1.59. The van der Waals surface area contributed by atoms with E-state index in [0.29, 0.717) is 16.3 Å². The van der Waals surface area contributed by atoms with Gasteiger partial charge in [-0.1, -0.05) is 85.1 Å². The van der Waals surface area contributed by atoms with E-state index in [1.807, 2.05) is 36.4 Å². The van der Waals surface area contributed by atoms with E-state index >= 15 is 0 Å². The van der Waals surface area contributed by atoms with Crippen LogP contribution in [0.5, 0.6) is 11.5 Å². The lowest BCUT2D eigenvalue weighted by atomic mass is 10.0. The van der Waals surface area contributed by atoms with Crippen molar-refractivity contribution in [2.45, 2.75) is 55.6 Å². The lowest BCUT2D eigenvalue weighted by Crippen LogP contribution is -2.54. The van der Waals surface area contributed by atoms with Gasteiger partial charge in [-0.3, -0.25) is 13.9 Å². The third-order valence-electron chi connectivity index (χ3n) is 8.55. The fourth-order valence-corrected chi connectivity index (χ4v) is 7.58. The first-order chi connectivity index (χ1) is 23.2. The van der Waals surface area contributed by atoms with E-state index in [4.69, 9.17) is 21.1 Å². The average Bonchev–Trinajstić information content (AvgIpc) is 3.62. The minimum Gasteiger partial charge on any atom is -0.497 e. The van der Waals surface area contributed by atoms with Crippen LogP contribution in [0.2, 0.25) is 5.02 Å². The number of amides is 2. The maximum absolute atomic E-state index is 14.7. The SMILES string of the molecule is COc1ccc(S(=O)(=O)N(CC(=O)N(Cc2ccccc2Cl)[C@H](Cc2ccccc2)C(=O)NC2CCCC2)c2ccccc2OC)cc1. The van der Waals surface area contributed by atoms with E-state index < -0.39 is 28.5 Å². The number of nitrogens with zero attached hydrogens (tertiary/aromatic N) is 2. The first-order valence-corrected chi connectivity index (χ1v) is 17.7. The summed E-state index contributed by atoms with van der Waals surface area (Å²) in [7, 11) is -1.39. The summed E-state index contributed by atoms with van der Waals surface area (Å²) in [6.45, 7) is -0.627. The van der Waals surface area contributed by atoms with Gasteiger partial charge in [-0.25, -0.2) is 8.42 Å². The van der Waals surface area contributed by atoms with Crippen molar-refractivity contribution >= 4 is 39.1 Å². The van der Waals surface area contributed by atoms with Crippen molar-refractivity contribution in [1.82, 2.24) is 10.2 Å². The average molecular weight is 690 g/mol. The second-order valence-corrected chi connectivity index (χ2v) is 13.9. The number of nitrogens with one attached hydrogen (secondary N) is 1. The third kappa shape index (κ3) is 8.29. The number of rotatable bonds is 14. The monoisotopic (exact) mass is 689 g/mol. The van der Waals surface area contributed by atoms with Gasteiger partial charge in [0, 0.05) is 24.0 Å². The first kappa shape index (κ1) is 34.8. The van der Waals surface area contributed by atoms with Crippen molar-refractivity contribution in [3.05, 3.63) is 119 Å². The van der Waals surface area contributed by atoms with Crippen LogP contribution in [0.25, 0.3) is 0 Å². The van der Waals surface area contributed by atoms with Gasteiger partial charge in [0.2, 0.25) is 11.8 Å². The molecule has 2 amide bonds. The van der Waals surface area contributed by atoms with E-state index in [-0.39, 0.29) is 41.2 Å². The summed E-state index contributed by atoms with van der Waals surface area (Å²) in [5, 5.41) is 3.60. The van der Waals surface area contributed by atoms with Crippen LogP contribution in [-0.2, 0) is 32.6 Å². The van der Waals surface area contributed by atoms with Gasteiger partial charge < -0.3 is 19.7 Å². The fraction of sp³-hybridized carbons (Fsp3) is 0.297. The third-order valence-corrected chi connectivity index (χ3v) is 10.7. The van der Waals surface area contributed by atoms with Crippen molar-refractivity contribution < 1.29 is 27.5 Å². The van der Waals surface area contributed by atoms with Gasteiger partial charge in [0.25, 0.3) is 10.0 Å². The molecule has 1 N–H and O–H groups in total. The van der Waals surface area contributed by atoms with Gasteiger partial charge in [-0.2, -0.15) is 0 Å². The summed E-state index contributed by atoms with van der Waals surface area (Å²) < 4.78 is 40.5. The predicted molar refractivity (Wildman–Crippen MR) is 187 cm³/mol. The molecule has 4 aromatic rings. The highest BCUT2D eigenvalue weighted by molar-refractivity contribution is 7.92. The minimum absolute atomic E-state index is 0.00793. The van der Waals surface area contributed by atoms with Gasteiger partial charge in [-0.05, 0) is 66.4 Å². The topological polar surface area (TPSA) is 105 Å². The molecule has 0 unspecified atom stereocenters. The number of anilines is 1. The predicted octanol–water partition coefficient (Wildman–Crippen LogP) is 6.25. The molecule has 252 valence electrons. The van der Waals surface area contributed by atoms with Gasteiger partial charge in [0.1, 0.15) is 24.1 Å². The van der Waals surface area contributed by atoms with Gasteiger partial charge in [0.15, 0.2) is 0 Å². The van der Waals surface area contributed by atoms with Crippen LogP contribution in [0.15, 0.2) is 108 Å². The molecule has 0 aromatic heterocycles. The van der Waals surface area contributed by atoms with E-state index in [2.05, 4.69) is 5.32 Å². The van der Waals surface area contributed by atoms with Crippen LogP contribution in [0.3, 0.4) is 0 Å². The zero-order chi connectivity index (χ0) is 34.1. The van der Waals surface area contributed by atoms with Gasteiger partial charge in [-0.15, -0.1) is 0 Å². The van der Waals surface area contributed by atoms with E-state index in [1.54, 1.807) is 54.6 Å². The number of hydrogen-bond donors (Lipinski definition) is 1. The Morgan fingerprint density at radius 2 is 1.50 bits per heavy atom. The van der Waals surface area contributed by atoms with Crippen molar-refractivity contribution in [3.63, 3.8) is 0 Å². The number of halogens is 1. The van der Waals surface area contributed by atoms with E-state index in [0.717, 1.165) is 35.6 Å². The van der Waals surface area contributed by atoms with Gasteiger partial charge >= 0.3 is 0 Å². The van der Waals surface area contributed by atoms with Crippen LogP contribution in [0.1, 0.15) is 36.8 Å². The number of sulfonamides is 1. The molecule has 11 heteroatoms. The highest BCUT2D eigenvalue weighted by atomic mass is 35.5. The Hall–Kier alpha value is -4.54. The smallest absolute Gasteiger partial charge is 0.264 e. The molecule has 1 saturated carbocycles. The summed E-state index contributed by atoms with van der Waals surface area (Å²) >= 11 is 6.60. The van der Waals surface area contributed by atoms with Crippen molar-refractivity contribution in [3.8, 4) is 11.5 Å². The fourth-order valence-electron chi connectivity index (χ4n) is 5.96. The lowest BCUT2D eigenvalue weighted by molar-refractivity contribution is -0.140. The molecule has 5 rings (SSSR count). The highest BCUT2D eigenvalue weighted by Gasteiger charge is 2.36. The lowest BCUT2D eigenvalue weighted by Gasteiger charge is -2.34. The summed E-state index contributed by atoms with van der Waals surface area (Å²) in [5.74, 6) is -0.134. The molecule has 4 aromatic carbocycles. The Morgan fingerprint density at radius 1 is 0.854 bits per heavy atom. The minimum atomic E-state index is -4.32.